The number of hydrogen-bond donors (Lipinski definition) is 0. The van der Waals surface area contributed by atoms with Crippen molar-refractivity contribution in [3.8, 4) is 5.75 Å². The molecule has 1 aromatic heterocycles. The highest BCUT2D eigenvalue weighted by atomic mass is 32.1. The van der Waals surface area contributed by atoms with Crippen molar-refractivity contribution in [1.82, 2.24) is 0 Å². The van der Waals surface area contributed by atoms with Gasteiger partial charge >= 0.3 is 0 Å². The molecule has 2 aromatic rings. The van der Waals surface area contributed by atoms with Crippen LogP contribution in [0, 0.1) is 0 Å². The SMILES string of the molecule is CCCCCOc1ccc(CC(=O)c2cccs2)cc1. The van der Waals surface area contributed by atoms with E-state index in [-0.39, 0.29) is 5.78 Å². The van der Waals surface area contributed by atoms with Crippen LogP contribution in [-0.2, 0) is 6.42 Å². The summed E-state index contributed by atoms with van der Waals surface area (Å²) in [4.78, 5) is 12.8. The zero-order valence-corrected chi connectivity index (χ0v) is 12.6. The summed E-state index contributed by atoms with van der Waals surface area (Å²) < 4.78 is 5.66. The molecule has 0 spiro atoms. The third kappa shape index (κ3) is 4.49. The van der Waals surface area contributed by atoms with Gasteiger partial charge in [0.1, 0.15) is 5.75 Å². The summed E-state index contributed by atoms with van der Waals surface area (Å²) >= 11 is 1.49. The van der Waals surface area contributed by atoms with Crippen molar-refractivity contribution in [2.45, 2.75) is 32.6 Å². The maximum Gasteiger partial charge on any atom is 0.177 e. The van der Waals surface area contributed by atoms with Gasteiger partial charge in [-0.1, -0.05) is 38.0 Å². The lowest BCUT2D eigenvalue weighted by Gasteiger charge is -2.06. The largest absolute Gasteiger partial charge is 0.494 e. The topological polar surface area (TPSA) is 26.3 Å². The Balaban J connectivity index is 1.83. The van der Waals surface area contributed by atoms with Crippen LogP contribution in [-0.4, -0.2) is 12.4 Å². The van der Waals surface area contributed by atoms with E-state index in [1.165, 1.54) is 24.2 Å². The molecule has 0 aliphatic heterocycles. The van der Waals surface area contributed by atoms with Gasteiger partial charge in [0.05, 0.1) is 11.5 Å². The van der Waals surface area contributed by atoms with E-state index in [1.807, 2.05) is 41.8 Å². The fraction of sp³-hybridized carbons (Fsp3) is 0.353. The minimum atomic E-state index is 0.177. The van der Waals surface area contributed by atoms with E-state index >= 15 is 0 Å². The number of ketones is 1. The fourth-order valence-electron chi connectivity index (χ4n) is 1.96. The number of hydrogen-bond acceptors (Lipinski definition) is 3. The van der Waals surface area contributed by atoms with Crippen molar-refractivity contribution in [2.24, 2.45) is 0 Å². The summed E-state index contributed by atoms with van der Waals surface area (Å²) in [5, 5.41) is 1.93. The molecule has 2 rings (SSSR count). The summed E-state index contributed by atoms with van der Waals surface area (Å²) in [6.45, 7) is 2.95. The van der Waals surface area contributed by atoms with Gasteiger partial charge in [0.2, 0.25) is 0 Å². The van der Waals surface area contributed by atoms with E-state index in [4.69, 9.17) is 4.74 Å². The molecular formula is C17H20O2S. The molecule has 0 aliphatic carbocycles. The predicted molar refractivity (Wildman–Crippen MR) is 83.8 cm³/mol. The maximum absolute atomic E-state index is 12.0. The van der Waals surface area contributed by atoms with Gasteiger partial charge in [-0.2, -0.15) is 0 Å². The molecule has 0 radical (unpaired) electrons. The second-order valence-electron chi connectivity index (χ2n) is 4.78. The third-order valence-corrected chi connectivity index (χ3v) is 4.01. The van der Waals surface area contributed by atoms with Crippen LogP contribution in [0.15, 0.2) is 41.8 Å². The van der Waals surface area contributed by atoms with E-state index in [9.17, 15) is 4.79 Å². The van der Waals surface area contributed by atoms with Crippen molar-refractivity contribution >= 4 is 17.1 Å². The van der Waals surface area contributed by atoms with Crippen molar-refractivity contribution in [3.05, 3.63) is 52.2 Å². The van der Waals surface area contributed by atoms with Crippen LogP contribution in [0.5, 0.6) is 5.75 Å². The monoisotopic (exact) mass is 288 g/mol. The molecule has 3 heteroatoms. The lowest BCUT2D eigenvalue weighted by Crippen LogP contribution is -2.01. The van der Waals surface area contributed by atoms with Gasteiger partial charge in [-0.3, -0.25) is 4.79 Å². The average Bonchev–Trinajstić information content (AvgIpc) is 3.00. The zero-order valence-electron chi connectivity index (χ0n) is 11.8. The molecule has 0 fully saturated rings. The van der Waals surface area contributed by atoms with E-state index in [0.717, 1.165) is 29.2 Å². The fourth-order valence-corrected chi connectivity index (χ4v) is 2.62. The summed E-state index contributed by atoms with van der Waals surface area (Å²) in [5.41, 5.74) is 1.03. The second kappa shape index (κ2) is 7.85. The first kappa shape index (κ1) is 14.8. The zero-order chi connectivity index (χ0) is 14.2. The third-order valence-electron chi connectivity index (χ3n) is 3.10. The minimum absolute atomic E-state index is 0.177. The normalized spacial score (nSPS) is 10.4. The van der Waals surface area contributed by atoms with Crippen LogP contribution >= 0.6 is 11.3 Å². The Morgan fingerprint density at radius 3 is 2.60 bits per heavy atom. The lowest BCUT2D eigenvalue weighted by atomic mass is 10.1. The number of ether oxygens (including phenoxy) is 1. The molecule has 2 nitrogen and oxygen atoms in total. The van der Waals surface area contributed by atoms with Crippen LogP contribution in [0.1, 0.15) is 41.4 Å². The molecule has 0 N–H and O–H groups in total. The Hall–Kier alpha value is -1.61. The van der Waals surface area contributed by atoms with E-state index in [1.54, 1.807) is 0 Å². The van der Waals surface area contributed by atoms with Crippen LogP contribution in [0.3, 0.4) is 0 Å². The van der Waals surface area contributed by atoms with Crippen LogP contribution in [0.2, 0.25) is 0 Å². The van der Waals surface area contributed by atoms with Gasteiger partial charge in [0.25, 0.3) is 0 Å². The number of benzene rings is 1. The van der Waals surface area contributed by atoms with Gasteiger partial charge in [0, 0.05) is 6.42 Å². The van der Waals surface area contributed by atoms with E-state index in [0.29, 0.717) is 6.42 Å². The van der Waals surface area contributed by atoms with Gasteiger partial charge in [-0.15, -0.1) is 11.3 Å². The Morgan fingerprint density at radius 2 is 1.95 bits per heavy atom. The van der Waals surface area contributed by atoms with Gasteiger partial charge in [0.15, 0.2) is 5.78 Å². The van der Waals surface area contributed by atoms with Gasteiger partial charge < -0.3 is 4.74 Å². The minimum Gasteiger partial charge on any atom is -0.494 e. The summed E-state index contributed by atoms with van der Waals surface area (Å²) in [7, 11) is 0. The Kier molecular flexibility index (Phi) is 5.81. The summed E-state index contributed by atoms with van der Waals surface area (Å²) in [6.07, 6.45) is 3.95. The number of Topliss-reactive ketones (excluding diaryl/α,β-unsaturated/α-hetero) is 1. The molecule has 0 unspecified atom stereocenters. The first-order chi connectivity index (χ1) is 9.79. The molecule has 0 saturated heterocycles. The molecule has 1 heterocycles. The first-order valence-corrected chi connectivity index (χ1v) is 7.96. The van der Waals surface area contributed by atoms with Crippen molar-refractivity contribution in [2.75, 3.05) is 6.61 Å². The predicted octanol–water partition coefficient (Wildman–Crippen LogP) is 4.74. The number of unbranched alkanes of at least 4 members (excludes halogenated alkanes) is 2. The van der Waals surface area contributed by atoms with Crippen LogP contribution < -0.4 is 4.74 Å². The Labute approximate surface area is 124 Å². The highest BCUT2D eigenvalue weighted by molar-refractivity contribution is 7.12. The van der Waals surface area contributed by atoms with Crippen molar-refractivity contribution in [3.63, 3.8) is 0 Å². The van der Waals surface area contributed by atoms with Crippen molar-refractivity contribution < 1.29 is 9.53 Å². The van der Waals surface area contributed by atoms with E-state index < -0.39 is 0 Å². The maximum atomic E-state index is 12.0. The summed E-state index contributed by atoms with van der Waals surface area (Å²) in [6, 6.07) is 11.6. The van der Waals surface area contributed by atoms with Gasteiger partial charge in [-0.05, 0) is 35.6 Å². The molecule has 1 aromatic carbocycles. The first-order valence-electron chi connectivity index (χ1n) is 7.08. The highest BCUT2D eigenvalue weighted by Gasteiger charge is 2.07. The standard InChI is InChI=1S/C17H20O2S/c1-2-3-4-11-19-15-9-7-14(8-10-15)13-16(18)17-6-5-12-20-17/h5-10,12H,2-4,11,13H2,1H3. The van der Waals surface area contributed by atoms with Crippen LogP contribution in [0.4, 0.5) is 0 Å². The smallest absolute Gasteiger partial charge is 0.177 e. The highest BCUT2D eigenvalue weighted by Crippen LogP contribution is 2.16. The molecule has 0 atom stereocenters. The number of carbonyl (C=O) groups excluding carboxylic acids is 1. The molecule has 0 aliphatic rings. The molecule has 0 saturated carbocycles. The number of thiophene rings is 1. The lowest BCUT2D eigenvalue weighted by molar-refractivity contribution is 0.0997. The molecule has 106 valence electrons. The van der Waals surface area contributed by atoms with Crippen LogP contribution in [0.25, 0.3) is 0 Å². The summed E-state index contributed by atoms with van der Waals surface area (Å²) in [5.74, 6) is 1.06. The number of carbonyl (C=O) groups is 1. The molecule has 20 heavy (non-hydrogen) atoms. The molecule has 0 amide bonds. The van der Waals surface area contributed by atoms with Gasteiger partial charge in [-0.25, -0.2) is 0 Å². The Morgan fingerprint density at radius 1 is 1.15 bits per heavy atom. The van der Waals surface area contributed by atoms with E-state index in [2.05, 4.69) is 6.92 Å². The average molecular weight is 288 g/mol. The number of rotatable bonds is 8. The molecular weight excluding hydrogens is 268 g/mol. The quantitative estimate of drug-likeness (QED) is 0.518. The second-order valence-corrected chi connectivity index (χ2v) is 5.72. The Bertz CT molecular complexity index is 514. The molecule has 0 bridgehead atoms. The van der Waals surface area contributed by atoms with Crippen molar-refractivity contribution in [1.29, 1.82) is 0 Å².